The van der Waals surface area contributed by atoms with Crippen LogP contribution in [-0.2, 0) is 9.53 Å². The van der Waals surface area contributed by atoms with Crippen LogP contribution in [0.5, 0.6) is 0 Å². The summed E-state index contributed by atoms with van der Waals surface area (Å²) in [5.74, 6) is -0.0368. The average molecular weight is 481 g/mol. The van der Waals surface area contributed by atoms with Crippen LogP contribution in [0.2, 0.25) is 5.02 Å². The molecule has 0 saturated heterocycles. The van der Waals surface area contributed by atoms with Gasteiger partial charge in [0.05, 0.1) is 28.5 Å². The van der Waals surface area contributed by atoms with E-state index in [0.717, 1.165) is 11.1 Å². The van der Waals surface area contributed by atoms with Crippen molar-refractivity contribution < 1.29 is 9.53 Å². The Labute approximate surface area is 201 Å². The predicted molar refractivity (Wildman–Crippen MR) is 132 cm³/mol. The van der Waals surface area contributed by atoms with E-state index in [1.54, 1.807) is 30.5 Å². The number of carbonyl (C=O) groups excluding carboxylic acids is 1. The van der Waals surface area contributed by atoms with Gasteiger partial charge < -0.3 is 4.74 Å². The fraction of sp³-hybridized carbons (Fsp3) is 0.269. The molecular formula is C26H25ClN2O3S. The number of ether oxygens (including phenoxy) is 1. The van der Waals surface area contributed by atoms with Gasteiger partial charge in [-0.1, -0.05) is 73.2 Å². The zero-order chi connectivity index (χ0) is 23.7. The lowest BCUT2D eigenvalue weighted by Gasteiger charge is -2.24. The van der Waals surface area contributed by atoms with E-state index in [9.17, 15) is 9.59 Å². The molecule has 1 aliphatic rings. The molecule has 0 bridgehead atoms. The summed E-state index contributed by atoms with van der Waals surface area (Å²) in [4.78, 5) is 31.6. The lowest BCUT2D eigenvalue weighted by molar-refractivity contribution is -0.139. The van der Waals surface area contributed by atoms with Crippen molar-refractivity contribution in [2.24, 2.45) is 4.99 Å². The smallest absolute Gasteiger partial charge is 0.338 e. The van der Waals surface area contributed by atoms with Crippen LogP contribution in [0.25, 0.3) is 6.08 Å². The molecule has 170 valence electrons. The highest BCUT2D eigenvalue weighted by Crippen LogP contribution is 2.31. The van der Waals surface area contributed by atoms with Gasteiger partial charge in [-0.3, -0.25) is 9.36 Å². The Morgan fingerprint density at radius 2 is 1.85 bits per heavy atom. The summed E-state index contributed by atoms with van der Waals surface area (Å²) in [7, 11) is 0. The number of fused-ring (bicyclic) bond motifs is 1. The first kappa shape index (κ1) is 23.2. The number of allylic oxidation sites excluding steroid dienone is 1. The van der Waals surface area contributed by atoms with Crippen LogP contribution >= 0.6 is 22.9 Å². The van der Waals surface area contributed by atoms with Crippen molar-refractivity contribution in [3.05, 3.63) is 101 Å². The fourth-order valence-corrected chi connectivity index (χ4v) is 5.05. The second-order valence-corrected chi connectivity index (χ2v) is 9.62. The highest BCUT2D eigenvalue weighted by atomic mass is 35.5. The van der Waals surface area contributed by atoms with Gasteiger partial charge in [-0.25, -0.2) is 9.79 Å². The van der Waals surface area contributed by atoms with Crippen molar-refractivity contribution in [2.75, 3.05) is 6.61 Å². The molecule has 1 unspecified atom stereocenters. The summed E-state index contributed by atoms with van der Waals surface area (Å²) < 4.78 is 7.46. The molecule has 33 heavy (non-hydrogen) atoms. The van der Waals surface area contributed by atoms with Crippen LogP contribution < -0.4 is 14.9 Å². The van der Waals surface area contributed by atoms with Gasteiger partial charge in [-0.15, -0.1) is 0 Å². The molecular weight excluding hydrogens is 456 g/mol. The summed E-state index contributed by atoms with van der Waals surface area (Å²) in [5.41, 5.74) is 3.66. The quantitative estimate of drug-likeness (QED) is 0.502. The van der Waals surface area contributed by atoms with Gasteiger partial charge in [0.1, 0.15) is 0 Å². The number of halogens is 1. The second kappa shape index (κ2) is 9.49. The first-order valence-electron chi connectivity index (χ1n) is 10.8. The van der Waals surface area contributed by atoms with Gasteiger partial charge in [0, 0.05) is 5.02 Å². The Hall–Kier alpha value is -2.96. The van der Waals surface area contributed by atoms with E-state index in [1.807, 2.05) is 30.3 Å². The van der Waals surface area contributed by atoms with Gasteiger partial charge in [-0.05, 0) is 54.7 Å². The second-order valence-electron chi connectivity index (χ2n) is 8.18. The topological polar surface area (TPSA) is 60.7 Å². The molecule has 2 heterocycles. The third-order valence-electron chi connectivity index (χ3n) is 5.60. The summed E-state index contributed by atoms with van der Waals surface area (Å²) in [6.07, 6.45) is 1.87. The summed E-state index contributed by atoms with van der Waals surface area (Å²) in [6.45, 7) is 8.06. The minimum absolute atomic E-state index is 0.194. The third-order valence-corrected chi connectivity index (χ3v) is 6.84. The molecule has 0 spiro atoms. The van der Waals surface area contributed by atoms with E-state index >= 15 is 0 Å². The number of carbonyl (C=O) groups is 1. The Balaban J connectivity index is 1.90. The van der Waals surface area contributed by atoms with E-state index in [1.165, 1.54) is 16.9 Å². The van der Waals surface area contributed by atoms with Crippen LogP contribution in [0.4, 0.5) is 0 Å². The zero-order valence-corrected chi connectivity index (χ0v) is 20.5. The maximum Gasteiger partial charge on any atom is 0.338 e. The monoisotopic (exact) mass is 480 g/mol. The molecule has 5 nitrogen and oxygen atoms in total. The molecule has 1 aliphatic heterocycles. The van der Waals surface area contributed by atoms with Crippen molar-refractivity contribution in [1.29, 1.82) is 0 Å². The lowest BCUT2D eigenvalue weighted by atomic mass is 9.96. The van der Waals surface area contributed by atoms with Gasteiger partial charge in [-0.2, -0.15) is 0 Å². The van der Waals surface area contributed by atoms with Crippen molar-refractivity contribution in [2.45, 2.75) is 39.7 Å². The summed E-state index contributed by atoms with van der Waals surface area (Å²) in [6, 6.07) is 14.7. The van der Waals surface area contributed by atoms with Crippen molar-refractivity contribution >= 4 is 35.0 Å². The average Bonchev–Trinajstić information content (AvgIpc) is 3.08. The molecule has 0 saturated carbocycles. The number of aromatic nitrogens is 1. The Bertz CT molecular complexity index is 1400. The minimum Gasteiger partial charge on any atom is -0.463 e. The number of thiazole rings is 1. The molecule has 0 radical (unpaired) electrons. The molecule has 3 aromatic rings. The van der Waals surface area contributed by atoms with Crippen LogP contribution in [0.1, 0.15) is 56.3 Å². The molecule has 1 atom stereocenters. The van der Waals surface area contributed by atoms with Crippen LogP contribution in [0, 0.1) is 0 Å². The first-order chi connectivity index (χ1) is 15.8. The standard InChI is InChI=1S/C26H25ClN2O3S/c1-5-32-25(31)22-16(4)28-26-29(23(22)19-10-12-20(27)13-11-19)24(30)21(33-26)14-17-6-8-18(9-7-17)15(2)3/h6-15,23H,5H2,1-4H3. The molecule has 2 aromatic carbocycles. The van der Waals surface area contributed by atoms with Crippen LogP contribution in [0.15, 0.2) is 69.6 Å². The Morgan fingerprint density at radius 1 is 1.18 bits per heavy atom. The van der Waals surface area contributed by atoms with Crippen LogP contribution in [0.3, 0.4) is 0 Å². The van der Waals surface area contributed by atoms with Crippen molar-refractivity contribution in [3.8, 4) is 0 Å². The molecule has 0 fully saturated rings. The zero-order valence-electron chi connectivity index (χ0n) is 19.0. The lowest BCUT2D eigenvalue weighted by Crippen LogP contribution is -2.39. The highest BCUT2D eigenvalue weighted by Gasteiger charge is 2.33. The fourth-order valence-electron chi connectivity index (χ4n) is 3.88. The molecule has 0 N–H and O–H groups in total. The maximum absolute atomic E-state index is 13.6. The molecule has 0 amide bonds. The Kier molecular flexibility index (Phi) is 6.68. The number of esters is 1. The number of hydrogen-bond donors (Lipinski definition) is 0. The normalized spacial score (nSPS) is 16.1. The van der Waals surface area contributed by atoms with Crippen molar-refractivity contribution in [3.63, 3.8) is 0 Å². The SMILES string of the molecule is CCOC(=O)C1=C(C)N=c2sc(=Cc3ccc(C(C)C)cc3)c(=O)n2C1c1ccc(Cl)cc1. The van der Waals surface area contributed by atoms with E-state index < -0.39 is 12.0 Å². The van der Waals surface area contributed by atoms with Gasteiger partial charge in [0.2, 0.25) is 0 Å². The van der Waals surface area contributed by atoms with Gasteiger partial charge >= 0.3 is 5.97 Å². The number of nitrogens with zero attached hydrogens (tertiary/aromatic N) is 2. The van der Waals surface area contributed by atoms with E-state index in [4.69, 9.17) is 16.3 Å². The summed E-state index contributed by atoms with van der Waals surface area (Å²) >= 11 is 7.41. The molecule has 7 heteroatoms. The minimum atomic E-state index is -0.636. The summed E-state index contributed by atoms with van der Waals surface area (Å²) in [5, 5.41) is 0.578. The number of hydrogen-bond acceptors (Lipinski definition) is 5. The van der Waals surface area contributed by atoms with Crippen LogP contribution in [-0.4, -0.2) is 17.1 Å². The number of benzene rings is 2. The van der Waals surface area contributed by atoms with E-state index in [2.05, 4.69) is 31.0 Å². The van der Waals surface area contributed by atoms with Gasteiger partial charge in [0.25, 0.3) is 5.56 Å². The number of rotatable bonds is 5. The van der Waals surface area contributed by atoms with Crippen molar-refractivity contribution in [1.82, 2.24) is 4.57 Å². The first-order valence-corrected chi connectivity index (χ1v) is 12.0. The third kappa shape index (κ3) is 4.59. The maximum atomic E-state index is 13.6. The predicted octanol–water partition coefficient (Wildman–Crippen LogP) is 4.58. The van der Waals surface area contributed by atoms with Gasteiger partial charge in [0.15, 0.2) is 4.80 Å². The largest absolute Gasteiger partial charge is 0.463 e. The van der Waals surface area contributed by atoms with E-state index in [0.29, 0.717) is 31.5 Å². The molecule has 1 aromatic heterocycles. The highest BCUT2D eigenvalue weighted by molar-refractivity contribution is 7.07. The van der Waals surface area contributed by atoms with E-state index in [-0.39, 0.29) is 12.2 Å². The molecule has 4 rings (SSSR count). The molecule has 0 aliphatic carbocycles. The Morgan fingerprint density at radius 3 is 2.45 bits per heavy atom.